The van der Waals surface area contributed by atoms with Crippen molar-refractivity contribution in [3.8, 4) is 0 Å². The average molecular weight is 2000 g/mol. The summed E-state index contributed by atoms with van der Waals surface area (Å²) in [5.41, 5.74) is 5.85. The first-order valence-corrected chi connectivity index (χ1v) is 38.7. The van der Waals surface area contributed by atoms with Crippen molar-refractivity contribution in [2.75, 3.05) is 28.2 Å². The van der Waals surface area contributed by atoms with E-state index in [0.717, 1.165) is 53.3 Å². The molecule has 4 atom stereocenters. The molecule has 0 aromatic heterocycles. The van der Waals surface area contributed by atoms with Gasteiger partial charge in [0.15, 0.2) is 0 Å². The Kier molecular flexibility index (Phi) is 261. The quantitative estimate of drug-likeness (QED) is 0.238. The Morgan fingerprint density at radius 2 is 0.342 bits per heavy atom. The number of nitrogens with zero attached hydrogens (tertiary/aromatic N) is 4. The zero-order valence-corrected chi connectivity index (χ0v) is 90.5. The van der Waals surface area contributed by atoms with E-state index in [1.54, 1.807) is 90.5 Å². The van der Waals surface area contributed by atoms with E-state index in [-0.39, 0.29) is 218 Å². The third kappa shape index (κ3) is 227. The largest absolute Gasteiger partial charge is 3.00 e. The van der Waals surface area contributed by atoms with Crippen LogP contribution in [0.25, 0.3) is 21.3 Å². The molecule has 0 amide bonds. The fourth-order valence-electron chi connectivity index (χ4n) is 10.9. The Hall–Kier alpha value is 0.768. The molecule has 0 saturated heterocycles. The Morgan fingerprint density at radius 3 is 0.386 bits per heavy atom. The van der Waals surface area contributed by atoms with Crippen molar-refractivity contribution in [2.24, 2.45) is 53.3 Å². The molecule has 4 unspecified atom stereocenters. The van der Waals surface area contributed by atoms with Crippen LogP contribution in [0.4, 0.5) is 0 Å². The molecule has 13 heteroatoms. The molecule has 9 aliphatic rings. The van der Waals surface area contributed by atoms with Crippen LogP contribution in [0.5, 0.6) is 0 Å². The van der Waals surface area contributed by atoms with Crippen LogP contribution in [0.2, 0.25) is 0 Å². The van der Waals surface area contributed by atoms with Gasteiger partial charge in [0.2, 0.25) is 0 Å². The molecule has 706 valence electrons. The first-order chi connectivity index (χ1) is 44.9. The molecule has 9 fully saturated rings. The van der Waals surface area contributed by atoms with Gasteiger partial charge in [-0.15, -0.1) is 62.8 Å². The van der Waals surface area contributed by atoms with Crippen LogP contribution in [0.15, 0.2) is 50.7 Å². The fourth-order valence-corrected chi connectivity index (χ4v) is 10.9. The molecule has 0 heterocycles. The Bertz CT molecular complexity index is 1450. The minimum atomic E-state index is 0. The third-order valence-electron chi connectivity index (χ3n) is 17.6. The van der Waals surface area contributed by atoms with Gasteiger partial charge in [0, 0.05) is 0 Å². The summed E-state index contributed by atoms with van der Waals surface area (Å²) >= 11 is 0. The van der Waals surface area contributed by atoms with Gasteiger partial charge >= 0.3 is 151 Å². The summed E-state index contributed by atoms with van der Waals surface area (Å²) in [4.78, 5) is 0. The predicted octanol–water partition coefficient (Wildman–Crippen LogP) is 35.9. The monoisotopic (exact) mass is 2000 g/mol. The topological polar surface area (TPSA) is 56.4 Å². The Morgan fingerprint density at radius 1 is 0.246 bits per heavy atom. The molecular formula is C101H197Co9N4-4. The average Bonchev–Trinajstić information content (AvgIpc) is 1.73. The maximum absolute atomic E-state index is 5.04. The molecule has 0 spiro atoms. The minimum Gasteiger partial charge on any atom is -0.721 e. The second-order valence-corrected chi connectivity index (χ2v) is 29.2. The summed E-state index contributed by atoms with van der Waals surface area (Å²) in [6.07, 6.45) is 56.7. The molecule has 0 aromatic carbocycles. The van der Waals surface area contributed by atoms with Crippen LogP contribution in [0.3, 0.4) is 0 Å². The summed E-state index contributed by atoms with van der Waals surface area (Å²) < 4.78 is 0. The van der Waals surface area contributed by atoms with Gasteiger partial charge in [-0.2, -0.15) is 0 Å². The zero-order chi connectivity index (χ0) is 76.1. The van der Waals surface area contributed by atoms with Crippen LogP contribution in [0.1, 0.15) is 369 Å². The van der Waals surface area contributed by atoms with Crippen molar-refractivity contribution in [3.63, 3.8) is 0 Å². The summed E-state index contributed by atoms with van der Waals surface area (Å²) in [6.45, 7) is 98.3. The molecule has 0 aliphatic heterocycles. The fraction of sp³-hybridized carbons (Fsp3) is 0.683. The van der Waals surface area contributed by atoms with Crippen molar-refractivity contribution < 1.29 is 151 Å². The number of hydrogen-bond acceptors (Lipinski definition) is 0. The van der Waals surface area contributed by atoms with Crippen molar-refractivity contribution >= 4 is 0 Å². The van der Waals surface area contributed by atoms with Crippen LogP contribution in [-0.2, 0) is 151 Å². The van der Waals surface area contributed by atoms with Gasteiger partial charge < -0.3 is 233 Å². The molecule has 9 saturated carbocycles. The molecule has 9 aliphatic carbocycles. The van der Waals surface area contributed by atoms with E-state index in [2.05, 4.69) is 118 Å². The third-order valence-corrected chi connectivity index (χ3v) is 17.6. The second-order valence-electron chi connectivity index (χ2n) is 29.2. The van der Waals surface area contributed by atoms with Crippen molar-refractivity contribution in [1.82, 2.24) is 0 Å². The first-order valence-electron chi connectivity index (χ1n) is 38.7. The van der Waals surface area contributed by atoms with E-state index in [0.29, 0.717) is 50.7 Å². The van der Waals surface area contributed by atoms with Gasteiger partial charge in [0.05, 0.1) is 0 Å². The molecule has 4 radical (unpaired) electrons. The summed E-state index contributed by atoms with van der Waals surface area (Å²) in [5.74, 6) is 9.19. The van der Waals surface area contributed by atoms with Gasteiger partial charge in [-0.05, 0) is 59.7 Å². The van der Waals surface area contributed by atoms with Gasteiger partial charge in [0.1, 0.15) is 0 Å². The Balaban J connectivity index is -0.0000000280. The number of hydrogen-bond donors (Lipinski definition) is 0. The second kappa shape index (κ2) is 155. The van der Waals surface area contributed by atoms with E-state index in [4.69, 9.17) is 59.2 Å². The van der Waals surface area contributed by atoms with Crippen LogP contribution >= 0.6 is 0 Å². The van der Waals surface area contributed by atoms with E-state index in [1.165, 1.54) is 244 Å². The van der Waals surface area contributed by atoms with Crippen molar-refractivity contribution in [1.29, 1.82) is 0 Å². The van der Waals surface area contributed by atoms with Crippen LogP contribution < -0.4 is 0 Å². The van der Waals surface area contributed by atoms with Gasteiger partial charge in [-0.25, -0.2) is 0 Å². The summed E-state index contributed by atoms with van der Waals surface area (Å²) in [5, 5.41) is 14.3. The number of allylic oxidation sites excluding steroid dienone is 9. The van der Waals surface area contributed by atoms with Gasteiger partial charge in [-0.3, -0.25) is 0 Å². The molecule has 0 bridgehead atoms. The summed E-state index contributed by atoms with van der Waals surface area (Å²) in [7, 11) is 6.65. The van der Waals surface area contributed by atoms with Crippen LogP contribution in [0, 0.1) is 214 Å². The smallest absolute Gasteiger partial charge is 0.721 e. The van der Waals surface area contributed by atoms with Gasteiger partial charge in [-0.1, -0.05) is 328 Å². The van der Waals surface area contributed by atoms with Crippen molar-refractivity contribution in [2.45, 2.75) is 369 Å². The van der Waals surface area contributed by atoms with E-state index < -0.39 is 0 Å². The molecule has 4 nitrogen and oxygen atoms in total. The number of rotatable bonds is 6. The molecule has 9 rings (SSSR count). The summed E-state index contributed by atoms with van der Waals surface area (Å²) in [6, 6.07) is 0. The molecule has 114 heavy (non-hydrogen) atoms. The van der Waals surface area contributed by atoms with E-state index >= 15 is 0 Å². The maximum Gasteiger partial charge on any atom is 3.00 e. The normalized spacial score (nSPS) is 16.5. The maximum atomic E-state index is 5.04. The van der Waals surface area contributed by atoms with E-state index in [9.17, 15) is 0 Å². The zero-order valence-electron chi connectivity index (χ0n) is 81.1. The predicted molar refractivity (Wildman–Crippen MR) is 501 cm³/mol. The molecule has 0 N–H and O–H groups in total. The van der Waals surface area contributed by atoms with Crippen LogP contribution in [-0.4, -0.2) is 28.2 Å². The molecule has 0 aromatic rings. The van der Waals surface area contributed by atoms with Crippen molar-refractivity contribution in [3.05, 3.63) is 233 Å². The standard InChI is InChI=1S/C9H18.2C7H14.3C6H12.3C5H10.4C4H7N.5C4H6.9CH3.9Co/c1-6-5-7(2)9(4)8(6)3;2*1-2-7-5-3-4-6-7;3*1-6-4-2-3-5-6;3*1-2-4-5-3-1;4*1-4(2)5-3;5*1-4(2)3;;;;;;;;;;;;;;;;;;/h6-9H,5H2,1-4H3;2*7H,2-6H2,1H3;3*6H,2-5H2,1H3;3*1-5H2;4*1H,2-3H3;5*1H,2H2,3H3;9*1H3;;;;;;;;;/q;;;;;;;;;9*-2;9*-1;4*+2;5*+3. The minimum absolute atomic E-state index is 0. The van der Waals surface area contributed by atoms with Gasteiger partial charge in [0.25, 0.3) is 0 Å². The first kappa shape index (κ1) is 193. The molecular weight excluding hydrogens is 1800 g/mol. The van der Waals surface area contributed by atoms with E-state index in [1.807, 2.05) is 0 Å². The SMILES string of the molecule is C1CCCC1.C1CCCC1.C1CCCC1.CC1CC(C)C(C)C1C.CC1CCCC1.CC1CCCC1.CC1CCCC1.CCC1CCCC1.CCC1CCCC1.[CH-]=C(C)[N-]C.[CH-]=C(C)[N-]C.[CH-]=C(C)[N-]C.[CH-]=C(C)[N-]C.[CH-]=C([CH2-])C.[CH-]=C([CH2-])C.[CH-]=C([CH2-])C.[CH-]=C([CH2-])C.[CH-]=C([CH2-])C.[CH3-].[CH3-].[CH3-].[CH3-].[CH3-].[CH3-].[CH3-].[CH3-].[CH3-].[Co+2].[Co+2].[Co+2].[Co+2].[Co+3].[Co+3].[Co+3].[Co+3].[Co+3]. The Labute approximate surface area is 825 Å².